The Balaban J connectivity index is 2.50. The summed E-state index contributed by atoms with van der Waals surface area (Å²) in [6, 6.07) is 1.28. The van der Waals surface area contributed by atoms with Crippen molar-refractivity contribution < 1.29 is 22.9 Å². The van der Waals surface area contributed by atoms with E-state index in [0.29, 0.717) is 11.3 Å². The van der Waals surface area contributed by atoms with Crippen LogP contribution in [0.4, 0.5) is 24.5 Å². The zero-order valence-electron chi connectivity index (χ0n) is 11.3. The molecule has 0 saturated carbocycles. The van der Waals surface area contributed by atoms with Gasteiger partial charge in [-0.05, 0) is 53.9 Å². The van der Waals surface area contributed by atoms with E-state index in [2.05, 4.69) is 58.1 Å². The average molecular weight is 588 g/mol. The second-order valence-corrected chi connectivity index (χ2v) is 8.31. The van der Waals surface area contributed by atoms with Crippen LogP contribution >= 0.6 is 70.7 Å². The number of nitrogens with zero attached hydrogens (tertiary/aromatic N) is 2. The first-order chi connectivity index (χ1) is 11.4. The van der Waals surface area contributed by atoms with Crippen molar-refractivity contribution in [1.29, 1.82) is 0 Å². The Hall–Kier alpha value is -0.760. The Bertz CT molecular complexity index is 891. The number of hydrogen-bond acceptors (Lipinski definition) is 5. The lowest BCUT2D eigenvalue weighted by Crippen LogP contribution is -2.18. The Morgan fingerprint density at radius 2 is 1.92 bits per heavy atom. The normalized spacial score (nSPS) is 11.5. The molecule has 0 fully saturated rings. The number of benzene rings is 1. The fourth-order valence-electron chi connectivity index (χ4n) is 1.67. The summed E-state index contributed by atoms with van der Waals surface area (Å²) in [5, 5.41) is 13.3. The lowest BCUT2D eigenvalue weighted by Gasteiger charge is -2.11. The maximum Gasteiger partial charge on any atom is 0.435 e. The number of nitro groups is 1. The summed E-state index contributed by atoms with van der Waals surface area (Å²) in [4.78, 5) is 25.0. The van der Waals surface area contributed by atoms with Gasteiger partial charge in [0.15, 0.2) is 10.2 Å². The van der Waals surface area contributed by atoms with E-state index in [1.54, 1.807) is 0 Å². The zero-order chi connectivity index (χ0) is 19.1. The molecule has 14 heteroatoms. The summed E-state index contributed by atoms with van der Waals surface area (Å²) in [5.74, 6) is -1.16. The molecule has 2 aromatic rings. The number of carbonyl (C=O) groups excluding carboxylic acids is 1. The standard InChI is InChI=1S/C11H2Br3ClF3N3O3S/c12-2-1-3(13)6(21(23)24)4(14)5(2)19-9(22)7-8(11(16,17)18)20-10(15)25-7/h1H,(H,19,22). The molecule has 6 nitrogen and oxygen atoms in total. The highest BCUT2D eigenvalue weighted by atomic mass is 79.9. The second-order valence-electron chi connectivity index (χ2n) is 4.23. The number of nitrogens with one attached hydrogen (secondary N) is 1. The van der Waals surface area contributed by atoms with Gasteiger partial charge in [-0.3, -0.25) is 14.9 Å². The van der Waals surface area contributed by atoms with E-state index in [9.17, 15) is 28.1 Å². The smallest absolute Gasteiger partial charge is 0.319 e. The number of amides is 1. The Morgan fingerprint density at radius 3 is 2.44 bits per heavy atom. The van der Waals surface area contributed by atoms with Crippen molar-refractivity contribution >= 4 is 88.0 Å². The summed E-state index contributed by atoms with van der Waals surface area (Å²) < 4.78 is 38.5. The van der Waals surface area contributed by atoms with Crippen molar-refractivity contribution in [2.75, 3.05) is 5.32 Å². The lowest BCUT2D eigenvalue weighted by molar-refractivity contribution is -0.386. The van der Waals surface area contributed by atoms with Crippen molar-refractivity contribution in [2.45, 2.75) is 6.18 Å². The molecule has 1 aromatic heterocycles. The van der Waals surface area contributed by atoms with Gasteiger partial charge in [0.25, 0.3) is 11.6 Å². The number of thiazole rings is 1. The van der Waals surface area contributed by atoms with Gasteiger partial charge in [0.1, 0.15) is 9.35 Å². The van der Waals surface area contributed by atoms with Gasteiger partial charge in [-0.2, -0.15) is 13.2 Å². The quantitative estimate of drug-likeness (QED) is 0.339. The first-order valence-electron chi connectivity index (χ1n) is 5.80. The van der Waals surface area contributed by atoms with Gasteiger partial charge in [-0.1, -0.05) is 22.9 Å². The number of rotatable bonds is 3. The van der Waals surface area contributed by atoms with E-state index in [-0.39, 0.29) is 19.1 Å². The third-order valence-corrected chi connectivity index (χ3v) is 5.80. The first kappa shape index (κ1) is 20.6. The van der Waals surface area contributed by atoms with Gasteiger partial charge >= 0.3 is 6.18 Å². The Kier molecular flexibility index (Phi) is 6.14. The van der Waals surface area contributed by atoms with Crippen LogP contribution in [0.5, 0.6) is 0 Å². The SMILES string of the molecule is O=C(Nc1c(Br)cc(Br)c([N+](=O)[O-])c1Br)c1sc(Cl)nc1C(F)(F)F. The van der Waals surface area contributed by atoms with E-state index in [1.165, 1.54) is 6.07 Å². The molecule has 0 saturated heterocycles. The van der Waals surface area contributed by atoms with Crippen LogP contribution in [0.25, 0.3) is 0 Å². The van der Waals surface area contributed by atoms with Crippen LogP contribution in [0.1, 0.15) is 15.4 Å². The summed E-state index contributed by atoms with van der Waals surface area (Å²) in [7, 11) is 0. The summed E-state index contributed by atoms with van der Waals surface area (Å²) in [6.07, 6.45) is -4.88. The molecule has 134 valence electrons. The second kappa shape index (κ2) is 7.47. The van der Waals surface area contributed by atoms with Crippen LogP contribution in [-0.4, -0.2) is 15.8 Å². The van der Waals surface area contributed by atoms with E-state index >= 15 is 0 Å². The molecule has 0 aliphatic rings. The molecule has 0 aliphatic heterocycles. The minimum atomic E-state index is -4.88. The van der Waals surface area contributed by atoms with Gasteiger partial charge < -0.3 is 5.32 Å². The van der Waals surface area contributed by atoms with E-state index in [4.69, 9.17) is 11.6 Å². The average Bonchev–Trinajstić information content (AvgIpc) is 2.84. The summed E-state index contributed by atoms with van der Waals surface area (Å²) in [6.45, 7) is 0. The van der Waals surface area contributed by atoms with Crippen LogP contribution < -0.4 is 5.32 Å². The molecule has 1 heterocycles. The molecule has 25 heavy (non-hydrogen) atoms. The van der Waals surface area contributed by atoms with Gasteiger partial charge in [-0.25, -0.2) is 4.98 Å². The first-order valence-corrected chi connectivity index (χ1v) is 9.37. The molecule has 1 N–H and O–H groups in total. The van der Waals surface area contributed by atoms with Gasteiger partial charge in [0.05, 0.1) is 15.1 Å². The molecule has 1 aromatic carbocycles. The number of hydrogen-bond donors (Lipinski definition) is 1. The molecule has 0 unspecified atom stereocenters. The maximum atomic E-state index is 12.9. The Labute approximate surface area is 171 Å². The van der Waals surface area contributed by atoms with Crippen LogP contribution in [0.3, 0.4) is 0 Å². The Morgan fingerprint density at radius 1 is 1.32 bits per heavy atom. The van der Waals surface area contributed by atoms with E-state index < -0.39 is 37.7 Å². The number of alkyl halides is 3. The molecular weight excluding hydrogens is 586 g/mol. The fraction of sp³-hybridized carbons (Fsp3) is 0.0909. The number of carbonyl (C=O) groups is 1. The van der Waals surface area contributed by atoms with Gasteiger partial charge in [0.2, 0.25) is 0 Å². The predicted octanol–water partition coefficient (Wildman–Crippen LogP) is 6.26. The topological polar surface area (TPSA) is 85.1 Å². The molecule has 0 atom stereocenters. The number of halogens is 7. The molecule has 2 rings (SSSR count). The largest absolute Gasteiger partial charge is 0.435 e. The highest BCUT2D eigenvalue weighted by Gasteiger charge is 2.40. The van der Waals surface area contributed by atoms with Crippen molar-refractivity contribution in [1.82, 2.24) is 4.98 Å². The number of nitro benzene ring substituents is 1. The van der Waals surface area contributed by atoms with Gasteiger partial charge in [-0.15, -0.1) is 0 Å². The molecule has 0 aliphatic carbocycles. The van der Waals surface area contributed by atoms with Crippen molar-refractivity contribution in [2.24, 2.45) is 0 Å². The van der Waals surface area contributed by atoms with Crippen LogP contribution in [0, 0.1) is 10.1 Å². The number of anilines is 1. The fourth-order valence-corrected chi connectivity index (χ4v) is 5.30. The summed E-state index contributed by atoms with van der Waals surface area (Å²) in [5.41, 5.74) is -1.95. The highest BCUT2D eigenvalue weighted by molar-refractivity contribution is 9.11. The lowest BCUT2D eigenvalue weighted by atomic mass is 10.2. The maximum absolute atomic E-state index is 12.9. The van der Waals surface area contributed by atoms with Crippen molar-refractivity contribution in [3.63, 3.8) is 0 Å². The number of aromatic nitrogens is 1. The minimum absolute atomic E-state index is 0.103. The highest BCUT2D eigenvalue weighted by Crippen LogP contribution is 2.44. The monoisotopic (exact) mass is 585 g/mol. The van der Waals surface area contributed by atoms with E-state index in [1.807, 2.05) is 0 Å². The molecule has 0 radical (unpaired) electrons. The molecule has 1 amide bonds. The van der Waals surface area contributed by atoms with Gasteiger partial charge in [0, 0.05) is 4.47 Å². The third kappa shape index (κ3) is 4.32. The van der Waals surface area contributed by atoms with E-state index in [0.717, 1.165) is 0 Å². The molecular formula is C11H2Br3ClF3N3O3S. The summed E-state index contributed by atoms with van der Waals surface area (Å²) >= 11 is 14.9. The van der Waals surface area contributed by atoms with Crippen LogP contribution in [-0.2, 0) is 6.18 Å². The van der Waals surface area contributed by atoms with Crippen LogP contribution in [0.2, 0.25) is 4.47 Å². The third-order valence-electron chi connectivity index (χ3n) is 2.64. The van der Waals surface area contributed by atoms with Crippen LogP contribution in [0.15, 0.2) is 19.5 Å². The predicted molar refractivity (Wildman–Crippen MR) is 96.3 cm³/mol. The molecule has 0 spiro atoms. The molecule has 0 bridgehead atoms. The van der Waals surface area contributed by atoms with Crippen molar-refractivity contribution in [3.05, 3.63) is 44.6 Å². The van der Waals surface area contributed by atoms with Crippen molar-refractivity contribution in [3.8, 4) is 0 Å². The minimum Gasteiger partial charge on any atom is -0.319 e. The zero-order valence-corrected chi connectivity index (χ0v) is 17.6.